The second-order valence-electron chi connectivity index (χ2n) is 7.67. The molecule has 3 saturated heterocycles. The minimum Gasteiger partial charge on any atom is -0.481 e. The zero-order valence-electron chi connectivity index (χ0n) is 15.2. The number of pyridine rings is 1. The molecule has 0 saturated carbocycles. The van der Waals surface area contributed by atoms with Gasteiger partial charge in [-0.2, -0.15) is 0 Å². The summed E-state index contributed by atoms with van der Waals surface area (Å²) in [5.74, 6) is 1.92. The molecule has 1 aromatic heterocycles. The fourth-order valence-electron chi connectivity index (χ4n) is 4.88. The maximum atomic E-state index is 12.6. The first-order chi connectivity index (χ1) is 12.2. The topological polar surface area (TPSA) is 57.7 Å². The van der Waals surface area contributed by atoms with Crippen LogP contribution in [0.4, 0.5) is 4.79 Å². The number of piperidine rings is 1. The van der Waals surface area contributed by atoms with Crippen molar-refractivity contribution >= 4 is 6.03 Å². The van der Waals surface area contributed by atoms with Crippen molar-refractivity contribution in [2.45, 2.75) is 38.8 Å². The highest BCUT2D eigenvalue weighted by Crippen LogP contribution is 2.40. The Bertz CT molecular complexity index is 650. The summed E-state index contributed by atoms with van der Waals surface area (Å²) >= 11 is 0. The summed E-state index contributed by atoms with van der Waals surface area (Å²) in [7, 11) is 1.62. The quantitative estimate of drug-likeness (QED) is 0.911. The summed E-state index contributed by atoms with van der Waals surface area (Å²) in [6, 6.07) is 4.67. The van der Waals surface area contributed by atoms with Crippen LogP contribution < -0.4 is 10.1 Å². The van der Waals surface area contributed by atoms with Crippen LogP contribution >= 0.6 is 0 Å². The maximum Gasteiger partial charge on any atom is 0.317 e. The van der Waals surface area contributed by atoms with Crippen LogP contribution in [0.1, 0.15) is 30.5 Å². The number of methoxy groups -OCH3 is 1. The monoisotopic (exact) mass is 344 g/mol. The van der Waals surface area contributed by atoms with E-state index in [2.05, 4.69) is 15.2 Å². The van der Waals surface area contributed by atoms with Crippen LogP contribution in [-0.2, 0) is 6.54 Å². The first-order valence-corrected chi connectivity index (χ1v) is 9.43. The highest BCUT2D eigenvalue weighted by atomic mass is 16.5. The predicted molar refractivity (Wildman–Crippen MR) is 95.5 cm³/mol. The first kappa shape index (κ1) is 16.6. The molecule has 0 radical (unpaired) electrons. The largest absolute Gasteiger partial charge is 0.481 e. The molecule has 3 fully saturated rings. The Morgan fingerprint density at radius 2 is 2.20 bits per heavy atom. The number of hydrogen-bond donors (Lipinski definition) is 1. The number of rotatable bonds is 3. The van der Waals surface area contributed by atoms with Gasteiger partial charge >= 0.3 is 6.03 Å². The summed E-state index contributed by atoms with van der Waals surface area (Å²) in [4.78, 5) is 21.7. The molecule has 0 bridgehead atoms. The molecule has 25 heavy (non-hydrogen) atoms. The molecule has 3 aliphatic heterocycles. The molecule has 0 aromatic carbocycles. The predicted octanol–water partition coefficient (Wildman–Crippen LogP) is 2.02. The third-order valence-corrected chi connectivity index (χ3v) is 6.11. The molecular formula is C19H28N4O2. The Hall–Kier alpha value is -1.82. The number of fused-ring (bicyclic) bond motifs is 3. The lowest BCUT2D eigenvalue weighted by Crippen LogP contribution is -2.43. The van der Waals surface area contributed by atoms with Crippen LogP contribution in [-0.4, -0.2) is 60.1 Å². The molecule has 2 amide bonds. The zero-order chi connectivity index (χ0) is 17.4. The third-order valence-electron chi connectivity index (χ3n) is 6.11. The Labute approximate surface area is 149 Å². The number of hydrogen-bond acceptors (Lipinski definition) is 4. The molecule has 3 atom stereocenters. The van der Waals surface area contributed by atoms with E-state index in [-0.39, 0.29) is 6.03 Å². The molecule has 6 heteroatoms. The zero-order valence-corrected chi connectivity index (χ0v) is 15.2. The Kier molecular flexibility index (Phi) is 4.54. The van der Waals surface area contributed by atoms with Gasteiger partial charge in [-0.3, -0.25) is 4.90 Å². The van der Waals surface area contributed by atoms with Gasteiger partial charge in [0, 0.05) is 43.5 Å². The van der Waals surface area contributed by atoms with Gasteiger partial charge in [-0.1, -0.05) is 12.5 Å². The molecule has 0 unspecified atom stereocenters. The van der Waals surface area contributed by atoms with Gasteiger partial charge in [-0.25, -0.2) is 9.78 Å². The lowest BCUT2D eigenvalue weighted by Gasteiger charge is -2.33. The van der Waals surface area contributed by atoms with Gasteiger partial charge in [0.2, 0.25) is 5.88 Å². The maximum absolute atomic E-state index is 12.6. The fraction of sp³-hybridized carbons (Fsp3) is 0.684. The summed E-state index contributed by atoms with van der Waals surface area (Å²) in [6.07, 6.45) is 3.99. The molecule has 4 heterocycles. The van der Waals surface area contributed by atoms with Gasteiger partial charge in [0.25, 0.3) is 0 Å². The Balaban J connectivity index is 1.34. The van der Waals surface area contributed by atoms with Gasteiger partial charge in [-0.15, -0.1) is 0 Å². The van der Waals surface area contributed by atoms with Crippen molar-refractivity contribution in [3.05, 3.63) is 23.4 Å². The smallest absolute Gasteiger partial charge is 0.317 e. The van der Waals surface area contributed by atoms with E-state index >= 15 is 0 Å². The number of aromatic nitrogens is 1. The second kappa shape index (κ2) is 6.83. The van der Waals surface area contributed by atoms with Crippen molar-refractivity contribution in [2.75, 3.05) is 33.3 Å². The van der Waals surface area contributed by atoms with Crippen LogP contribution in [0.3, 0.4) is 0 Å². The average Bonchev–Trinajstić information content (AvgIpc) is 3.18. The number of aryl methyl sites for hydroxylation is 1. The van der Waals surface area contributed by atoms with Crippen LogP contribution in [0, 0.1) is 18.8 Å². The normalized spacial score (nSPS) is 28.6. The summed E-state index contributed by atoms with van der Waals surface area (Å²) in [6.45, 7) is 6.62. The van der Waals surface area contributed by atoms with Crippen LogP contribution in [0.2, 0.25) is 0 Å². The SMILES string of the molecule is COc1nc(C)ccc1CNC(=O)N1C[C@@H]2CN3CCCC[C@H]3[C@H]2C1. The van der Waals surface area contributed by atoms with E-state index in [0.29, 0.717) is 30.3 Å². The second-order valence-corrected chi connectivity index (χ2v) is 7.67. The van der Waals surface area contributed by atoms with Crippen LogP contribution in [0.25, 0.3) is 0 Å². The molecule has 0 spiro atoms. The highest BCUT2D eigenvalue weighted by Gasteiger charge is 2.48. The van der Waals surface area contributed by atoms with Gasteiger partial charge in [0.05, 0.1) is 7.11 Å². The molecule has 0 aliphatic carbocycles. The first-order valence-electron chi connectivity index (χ1n) is 9.43. The van der Waals surface area contributed by atoms with Crippen molar-refractivity contribution in [2.24, 2.45) is 11.8 Å². The molecule has 3 aliphatic rings. The summed E-state index contributed by atoms with van der Waals surface area (Å²) < 4.78 is 5.32. The number of nitrogens with zero attached hydrogens (tertiary/aromatic N) is 3. The van der Waals surface area contributed by atoms with E-state index in [1.165, 1.54) is 32.4 Å². The number of amides is 2. The van der Waals surface area contributed by atoms with Crippen molar-refractivity contribution < 1.29 is 9.53 Å². The fourth-order valence-corrected chi connectivity index (χ4v) is 4.88. The van der Waals surface area contributed by atoms with E-state index in [4.69, 9.17) is 4.74 Å². The van der Waals surface area contributed by atoms with Crippen molar-refractivity contribution in [3.8, 4) is 5.88 Å². The van der Waals surface area contributed by atoms with Gasteiger partial charge in [0.1, 0.15) is 0 Å². The number of ether oxygens (including phenoxy) is 1. The number of urea groups is 1. The minimum absolute atomic E-state index is 0.0411. The Morgan fingerprint density at radius 3 is 3.04 bits per heavy atom. The van der Waals surface area contributed by atoms with Gasteiger partial charge < -0.3 is 15.0 Å². The van der Waals surface area contributed by atoms with Crippen molar-refractivity contribution in [3.63, 3.8) is 0 Å². The Morgan fingerprint density at radius 1 is 1.32 bits per heavy atom. The third kappa shape index (κ3) is 3.19. The van der Waals surface area contributed by atoms with Gasteiger partial charge in [0.15, 0.2) is 0 Å². The van der Waals surface area contributed by atoms with E-state index < -0.39 is 0 Å². The van der Waals surface area contributed by atoms with E-state index in [0.717, 1.165) is 24.3 Å². The molecular weight excluding hydrogens is 316 g/mol. The number of carbonyl (C=O) groups excluding carboxylic acids is 1. The highest BCUT2D eigenvalue weighted by molar-refractivity contribution is 5.74. The molecule has 1 aromatic rings. The van der Waals surface area contributed by atoms with Crippen LogP contribution in [0.5, 0.6) is 5.88 Å². The van der Waals surface area contributed by atoms with Crippen molar-refractivity contribution in [1.29, 1.82) is 0 Å². The van der Waals surface area contributed by atoms with E-state index in [1.807, 2.05) is 24.0 Å². The lowest BCUT2D eigenvalue weighted by molar-refractivity contribution is 0.154. The average molecular weight is 344 g/mol. The molecule has 4 rings (SSSR count). The summed E-state index contributed by atoms with van der Waals surface area (Å²) in [5, 5.41) is 3.05. The molecule has 136 valence electrons. The molecule has 1 N–H and O–H groups in total. The van der Waals surface area contributed by atoms with Crippen molar-refractivity contribution in [1.82, 2.24) is 20.1 Å². The minimum atomic E-state index is 0.0411. The van der Waals surface area contributed by atoms with E-state index in [1.54, 1.807) is 7.11 Å². The number of likely N-dealkylation sites (tertiary alicyclic amines) is 1. The standard InChI is InChI=1S/C19H28N4O2/c1-13-6-7-14(18(21-13)25-2)9-20-19(24)23-11-15-10-22-8-4-3-5-17(22)16(15)12-23/h6-7,15-17H,3-5,8-12H2,1-2H3,(H,20,24)/t15-,16-,17-/m0/s1. The lowest BCUT2D eigenvalue weighted by atomic mass is 9.90. The van der Waals surface area contributed by atoms with E-state index in [9.17, 15) is 4.79 Å². The van der Waals surface area contributed by atoms with Crippen LogP contribution in [0.15, 0.2) is 12.1 Å². The number of nitrogens with one attached hydrogen (secondary N) is 1. The summed E-state index contributed by atoms with van der Waals surface area (Å²) in [5.41, 5.74) is 1.83. The molecule has 6 nitrogen and oxygen atoms in total. The number of carbonyl (C=O) groups is 1. The van der Waals surface area contributed by atoms with Gasteiger partial charge in [-0.05, 0) is 44.2 Å².